The highest BCUT2D eigenvalue weighted by Gasteiger charge is 2.15. The fourth-order valence-corrected chi connectivity index (χ4v) is 2.62. The number of nitrogens with one attached hydrogen (secondary N) is 1. The van der Waals surface area contributed by atoms with E-state index in [1.165, 1.54) is 24.3 Å². The molecule has 0 unspecified atom stereocenters. The van der Waals surface area contributed by atoms with Crippen molar-refractivity contribution in [3.63, 3.8) is 0 Å². The van der Waals surface area contributed by atoms with Crippen molar-refractivity contribution in [2.45, 2.75) is 0 Å². The Morgan fingerprint density at radius 2 is 1.68 bits per heavy atom. The number of aromatic nitrogens is 1. The number of aromatic amines is 1. The second-order valence-corrected chi connectivity index (χ2v) is 4.92. The number of pyridine rings is 1. The number of aromatic carboxylic acids is 1. The van der Waals surface area contributed by atoms with Crippen molar-refractivity contribution in [2.24, 2.45) is 0 Å². The molecule has 1 aromatic carbocycles. The van der Waals surface area contributed by atoms with Gasteiger partial charge in [0.25, 0.3) is 5.56 Å². The molecule has 0 saturated carbocycles. The first kappa shape index (κ1) is 13.9. The van der Waals surface area contributed by atoms with Crippen LogP contribution in [-0.4, -0.2) is 16.1 Å². The highest BCUT2D eigenvalue weighted by Crippen LogP contribution is 2.35. The van der Waals surface area contributed by atoms with Crippen LogP contribution in [0.2, 0.25) is 15.1 Å². The lowest BCUT2D eigenvalue weighted by atomic mass is 10.1. The fraction of sp³-hybridized carbons (Fsp3) is 0. The van der Waals surface area contributed by atoms with Gasteiger partial charge in [0.05, 0.1) is 10.0 Å². The van der Waals surface area contributed by atoms with Gasteiger partial charge in [-0.25, -0.2) is 4.79 Å². The molecule has 0 amide bonds. The molecule has 98 valence electrons. The molecule has 19 heavy (non-hydrogen) atoms. The van der Waals surface area contributed by atoms with Crippen LogP contribution in [0, 0.1) is 0 Å². The van der Waals surface area contributed by atoms with E-state index < -0.39 is 11.5 Å². The molecule has 4 nitrogen and oxygen atoms in total. The molecule has 0 bridgehead atoms. The van der Waals surface area contributed by atoms with Crippen molar-refractivity contribution in [3.8, 4) is 11.1 Å². The summed E-state index contributed by atoms with van der Waals surface area (Å²) in [5.41, 5.74) is -0.316. The molecular formula is C12H6Cl3NO3. The molecule has 2 aromatic rings. The van der Waals surface area contributed by atoms with Crippen LogP contribution < -0.4 is 5.56 Å². The third kappa shape index (κ3) is 2.76. The second-order valence-electron chi connectivity index (χ2n) is 3.66. The third-order valence-electron chi connectivity index (χ3n) is 2.42. The van der Waals surface area contributed by atoms with E-state index in [0.717, 1.165) is 0 Å². The van der Waals surface area contributed by atoms with Crippen LogP contribution in [0.5, 0.6) is 0 Å². The van der Waals surface area contributed by atoms with Gasteiger partial charge in [-0.3, -0.25) is 4.79 Å². The van der Waals surface area contributed by atoms with Crippen LogP contribution in [0.25, 0.3) is 11.1 Å². The summed E-state index contributed by atoms with van der Waals surface area (Å²) in [6.07, 6.45) is 0. The highest BCUT2D eigenvalue weighted by molar-refractivity contribution is 6.41. The number of halogens is 3. The Labute approximate surface area is 122 Å². The quantitative estimate of drug-likeness (QED) is 0.887. The predicted octanol–water partition coefficient (Wildman–Crippen LogP) is 3.70. The van der Waals surface area contributed by atoms with Gasteiger partial charge in [-0.2, -0.15) is 0 Å². The Morgan fingerprint density at radius 3 is 2.16 bits per heavy atom. The summed E-state index contributed by atoms with van der Waals surface area (Å²) in [7, 11) is 0. The summed E-state index contributed by atoms with van der Waals surface area (Å²) in [4.78, 5) is 24.8. The van der Waals surface area contributed by atoms with E-state index in [9.17, 15) is 9.59 Å². The number of carboxylic acid groups (broad SMARTS) is 1. The first-order chi connectivity index (χ1) is 8.90. The molecule has 2 rings (SSSR count). The lowest BCUT2D eigenvalue weighted by Crippen LogP contribution is -2.14. The topological polar surface area (TPSA) is 70.2 Å². The van der Waals surface area contributed by atoms with Crippen molar-refractivity contribution in [1.29, 1.82) is 0 Å². The summed E-state index contributed by atoms with van der Waals surface area (Å²) in [5.74, 6) is -1.23. The number of carbonyl (C=O) groups is 1. The van der Waals surface area contributed by atoms with Crippen LogP contribution in [0.3, 0.4) is 0 Å². The maximum Gasteiger partial charge on any atom is 0.352 e. The van der Waals surface area contributed by atoms with E-state index in [0.29, 0.717) is 10.6 Å². The van der Waals surface area contributed by atoms with Crippen molar-refractivity contribution < 1.29 is 9.90 Å². The third-order valence-corrected chi connectivity index (χ3v) is 3.23. The smallest absolute Gasteiger partial charge is 0.352 e. The predicted molar refractivity (Wildman–Crippen MR) is 74.5 cm³/mol. The zero-order chi connectivity index (χ0) is 14.2. The number of rotatable bonds is 2. The molecule has 1 aromatic heterocycles. The maximum absolute atomic E-state index is 11.9. The molecule has 7 heteroatoms. The van der Waals surface area contributed by atoms with Gasteiger partial charge in [0.2, 0.25) is 0 Å². The van der Waals surface area contributed by atoms with Crippen molar-refractivity contribution in [2.75, 3.05) is 0 Å². The summed E-state index contributed by atoms with van der Waals surface area (Å²) in [6, 6.07) is 5.52. The molecule has 0 fully saturated rings. The van der Waals surface area contributed by atoms with E-state index in [2.05, 4.69) is 4.98 Å². The largest absolute Gasteiger partial charge is 0.477 e. The van der Waals surface area contributed by atoms with Crippen molar-refractivity contribution >= 4 is 40.8 Å². The highest BCUT2D eigenvalue weighted by atomic mass is 35.5. The molecule has 0 aliphatic carbocycles. The van der Waals surface area contributed by atoms with E-state index >= 15 is 0 Å². The SMILES string of the molecule is O=C(O)c1ccc(-c2c(Cl)cc(Cl)cc2Cl)c(=O)[nH]1. The standard InChI is InChI=1S/C12H6Cl3NO3/c13-5-3-7(14)10(8(15)4-5)6-1-2-9(12(18)19)16-11(6)17/h1-4H,(H,16,17)(H,18,19). The molecule has 0 aliphatic heterocycles. The van der Waals surface area contributed by atoms with Gasteiger partial charge in [-0.1, -0.05) is 34.8 Å². The van der Waals surface area contributed by atoms with E-state index in [-0.39, 0.29) is 21.3 Å². The molecule has 1 heterocycles. The minimum atomic E-state index is -1.23. The zero-order valence-corrected chi connectivity index (χ0v) is 11.5. The van der Waals surface area contributed by atoms with Gasteiger partial charge in [0.1, 0.15) is 5.69 Å². The van der Waals surface area contributed by atoms with Gasteiger partial charge in [-0.05, 0) is 24.3 Å². The second kappa shape index (κ2) is 5.25. The molecule has 2 N–H and O–H groups in total. The minimum absolute atomic E-state index is 0.177. The average molecular weight is 319 g/mol. The van der Waals surface area contributed by atoms with Gasteiger partial charge in [-0.15, -0.1) is 0 Å². The molecule has 0 saturated heterocycles. The summed E-state index contributed by atoms with van der Waals surface area (Å²) >= 11 is 17.8. The number of carboxylic acids is 1. The van der Waals surface area contributed by atoms with Crippen LogP contribution in [0.1, 0.15) is 10.5 Å². The number of benzene rings is 1. The molecule has 0 aliphatic rings. The lowest BCUT2D eigenvalue weighted by molar-refractivity contribution is 0.0690. The first-order valence-electron chi connectivity index (χ1n) is 5.01. The Hall–Kier alpha value is -1.49. The number of H-pyrrole nitrogens is 1. The molecule has 0 spiro atoms. The van der Waals surface area contributed by atoms with Crippen LogP contribution >= 0.6 is 34.8 Å². The Bertz CT molecular complexity index is 701. The Kier molecular flexibility index (Phi) is 3.85. The van der Waals surface area contributed by atoms with Gasteiger partial charge < -0.3 is 10.1 Å². The van der Waals surface area contributed by atoms with Crippen LogP contribution in [-0.2, 0) is 0 Å². The van der Waals surface area contributed by atoms with E-state index in [4.69, 9.17) is 39.9 Å². The van der Waals surface area contributed by atoms with Crippen LogP contribution in [0.4, 0.5) is 0 Å². The van der Waals surface area contributed by atoms with E-state index in [1.54, 1.807) is 0 Å². The average Bonchev–Trinajstić information content (AvgIpc) is 2.29. The molecule has 0 radical (unpaired) electrons. The Balaban J connectivity index is 2.67. The first-order valence-corrected chi connectivity index (χ1v) is 6.15. The Morgan fingerprint density at radius 1 is 1.11 bits per heavy atom. The van der Waals surface area contributed by atoms with E-state index in [1.807, 2.05) is 0 Å². The van der Waals surface area contributed by atoms with Crippen molar-refractivity contribution in [3.05, 3.63) is 55.4 Å². The fourth-order valence-electron chi connectivity index (χ4n) is 1.59. The van der Waals surface area contributed by atoms with Gasteiger partial charge in [0, 0.05) is 16.1 Å². The normalized spacial score (nSPS) is 10.5. The lowest BCUT2D eigenvalue weighted by Gasteiger charge is -2.07. The number of hydrogen-bond donors (Lipinski definition) is 2. The summed E-state index contributed by atoms with van der Waals surface area (Å²) in [6.45, 7) is 0. The maximum atomic E-state index is 11.9. The molecular weight excluding hydrogens is 312 g/mol. The van der Waals surface area contributed by atoms with Gasteiger partial charge in [0.15, 0.2) is 0 Å². The minimum Gasteiger partial charge on any atom is -0.477 e. The number of hydrogen-bond acceptors (Lipinski definition) is 2. The summed E-state index contributed by atoms with van der Waals surface area (Å²) < 4.78 is 0. The van der Waals surface area contributed by atoms with Crippen LogP contribution in [0.15, 0.2) is 29.1 Å². The zero-order valence-electron chi connectivity index (χ0n) is 9.21. The molecule has 0 atom stereocenters. The summed E-state index contributed by atoms with van der Waals surface area (Å²) in [5, 5.41) is 9.55. The monoisotopic (exact) mass is 317 g/mol. The van der Waals surface area contributed by atoms with Gasteiger partial charge >= 0.3 is 5.97 Å². The van der Waals surface area contributed by atoms with Crippen molar-refractivity contribution in [1.82, 2.24) is 4.98 Å².